The Kier molecular flexibility index (Phi) is 6.28. The molecule has 0 bridgehead atoms. The van der Waals surface area contributed by atoms with Crippen LogP contribution in [0.15, 0.2) is 101 Å². The molecular formula is C39H36N2O2. The number of H-pyrrole nitrogens is 1. The van der Waals surface area contributed by atoms with Gasteiger partial charge >= 0.3 is 0 Å². The Balaban J connectivity index is 0.00000147. The molecule has 43 heavy (non-hydrogen) atoms. The summed E-state index contributed by atoms with van der Waals surface area (Å²) in [4.78, 5) is 20.9. The number of amides is 1. The summed E-state index contributed by atoms with van der Waals surface area (Å²) >= 11 is 0. The number of hydrogen-bond donors (Lipinski definition) is 2. The molecule has 214 valence electrons. The summed E-state index contributed by atoms with van der Waals surface area (Å²) in [6.45, 7) is 10.6. The second-order valence-corrected chi connectivity index (χ2v) is 12.4. The molecule has 4 nitrogen and oxygen atoms in total. The molecule has 5 aliphatic rings. The summed E-state index contributed by atoms with van der Waals surface area (Å²) in [7, 11) is 0. The lowest BCUT2D eigenvalue weighted by atomic mass is 9.91. The topological polar surface area (TPSA) is 65.4 Å². The van der Waals surface area contributed by atoms with E-state index in [1.807, 2.05) is 26.0 Å². The van der Waals surface area contributed by atoms with E-state index >= 15 is 0 Å². The summed E-state index contributed by atoms with van der Waals surface area (Å²) in [5.74, 6) is 0.0839. The molecule has 0 radical (unpaired) electrons. The van der Waals surface area contributed by atoms with Crippen LogP contribution in [0.2, 0.25) is 0 Å². The van der Waals surface area contributed by atoms with E-state index in [1.165, 1.54) is 44.5 Å². The van der Waals surface area contributed by atoms with Crippen molar-refractivity contribution < 1.29 is 9.90 Å². The number of aromatic hydroxyl groups is 1. The number of carbonyl (C=O) groups is 1. The van der Waals surface area contributed by atoms with E-state index in [1.54, 1.807) is 0 Å². The van der Waals surface area contributed by atoms with Gasteiger partial charge in [0.2, 0.25) is 0 Å². The van der Waals surface area contributed by atoms with Gasteiger partial charge in [-0.2, -0.15) is 0 Å². The molecule has 1 unspecified atom stereocenters. The van der Waals surface area contributed by atoms with Crippen molar-refractivity contribution in [3.8, 4) is 17.1 Å². The zero-order valence-electron chi connectivity index (χ0n) is 25.4. The van der Waals surface area contributed by atoms with Crippen LogP contribution < -0.4 is 0 Å². The monoisotopic (exact) mass is 564 g/mol. The number of carbonyl (C=O) groups excluding carboxylic acids is 1. The van der Waals surface area contributed by atoms with E-state index < -0.39 is 0 Å². The molecule has 3 aromatic rings. The number of hydrogen-bond acceptors (Lipinski definition) is 2. The van der Waals surface area contributed by atoms with Crippen LogP contribution in [-0.2, 0) is 12.8 Å². The SMILES string of the molecule is CC.CC1C=CC2=C(C=C1)c1ccc(-c3[nH]c(O)c4c3C(=O)N=C4c3ccc4c(c3)CC3=C4C=CC(C)(C)C=C3)cc1C2. The third-order valence-electron chi connectivity index (χ3n) is 9.01. The molecular weight excluding hydrogens is 528 g/mol. The molecule has 2 aromatic carbocycles. The largest absolute Gasteiger partial charge is 0.494 e. The molecule has 0 spiro atoms. The van der Waals surface area contributed by atoms with Crippen molar-refractivity contribution in [3.63, 3.8) is 0 Å². The smallest absolute Gasteiger partial charge is 0.280 e. The molecule has 1 amide bonds. The summed E-state index contributed by atoms with van der Waals surface area (Å²) < 4.78 is 0. The second kappa shape index (κ2) is 9.95. The summed E-state index contributed by atoms with van der Waals surface area (Å²) in [6.07, 6.45) is 19.6. The molecule has 2 heterocycles. The molecule has 1 aromatic heterocycles. The van der Waals surface area contributed by atoms with Gasteiger partial charge in [-0.15, -0.1) is 0 Å². The van der Waals surface area contributed by atoms with Gasteiger partial charge < -0.3 is 10.1 Å². The highest BCUT2D eigenvalue weighted by atomic mass is 16.3. The molecule has 8 rings (SSSR count). The summed E-state index contributed by atoms with van der Waals surface area (Å²) in [6, 6.07) is 12.6. The number of benzene rings is 2. The first-order valence-electron chi connectivity index (χ1n) is 15.3. The van der Waals surface area contributed by atoms with Gasteiger partial charge in [0.25, 0.3) is 5.91 Å². The maximum atomic E-state index is 13.3. The Morgan fingerprint density at radius 1 is 0.814 bits per heavy atom. The zero-order valence-corrected chi connectivity index (χ0v) is 25.4. The van der Waals surface area contributed by atoms with Crippen molar-refractivity contribution in [2.75, 3.05) is 0 Å². The molecule has 2 N–H and O–H groups in total. The van der Waals surface area contributed by atoms with Gasteiger partial charge in [0, 0.05) is 11.0 Å². The highest BCUT2D eigenvalue weighted by Gasteiger charge is 2.35. The molecule has 0 fully saturated rings. The summed E-state index contributed by atoms with van der Waals surface area (Å²) in [5, 5.41) is 11.1. The number of aromatic amines is 1. The molecule has 4 aliphatic carbocycles. The summed E-state index contributed by atoms with van der Waals surface area (Å²) in [5.41, 5.74) is 13.9. The van der Waals surface area contributed by atoms with Crippen molar-refractivity contribution in [2.24, 2.45) is 16.3 Å². The van der Waals surface area contributed by atoms with Gasteiger partial charge in [0.15, 0.2) is 5.88 Å². The quantitative estimate of drug-likeness (QED) is 0.326. The minimum absolute atomic E-state index is 0.0173. The van der Waals surface area contributed by atoms with E-state index in [-0.39, 0.29) is 17.2 Å². The molecule has 4 heteroatoms. The first-order chi connectivity index (χ1) is 20.8. The van der Waals surface area contributed by atoms with Crippen LogP contribution in [0.5, 0.6) is 5.88 Å². The second-order valence-electron chi connectivity index (χ2n) is 12.4. The molecule has 1 atom stereocenters. The lowest BCUT2D eigenvalue weighted by molar-refractivity contribution is 0.101. The normalized spacial score (nSPS) is 20.2. The van der Waals surface area contributed by atoms with Gasteiger partial charge in [-0.05, 0) is 81.0 Å². The predicted octanol–water partition coefficient (Wildman–Crippen LogP) is 8.94. The third kappa shape index (κ3) is 4.36. The highest BCUT2D eigenvalue weighted by molar-refractivity contribution is 6.30. The van der Waals surface area contributed by atoms with E-state index in [4.69, 9.17) is 0 Å². The van der Waals surface area contributed by atoms with Gasteiger partial charge in [-0.25, -0.2) is 4.99 Å². The fourth-order valence-corrected chi connectivity index (χ4v) is 6.77. The number of nitrogens with zero attached hydrogens (tertiary/aromatic N) is 1. The fraction of sp³-hybridized carbons (Fsp3) is 0.231. The average Bonchev–Trinajstić information content (AvgIpc) is 3.68. The van der Waals surface area contributed by atoms with Crippen molar-refractivity contribution in [1.82, 2.24) is 4.98 Å². The number of aromatic nitrogens is 1. The Hall–Kier alpha value is -4.70. The fourth-order valence-electron chi connectivity index (χ4n) is 6.77. The molecule has 0 saturated carbocycles. The van der Waals surface area contributed by atoms with Crippen LogP contribution in [0.4, 0.5) is 0 Å². The highest BCUT2D eigenvalue weighted by Crippen LogP contribution is 2.43. The molecule has 1 aliphatic heterocycles. The third-order valence-corrected chi connectivity index (χ3v) is 9.01. The van der Waals surface area contributed by atoms with E-state index in [0.717, 1.165) is 24.0 Å². The van der Waals surface area contributed by atoms with Crippen LogP contribution in [0.1, 0.15) is 78.4 Å². The van der Waals surface area contributed by atoms with Crippen LogP contribution in [0.25, 0.3) is 22.4 Å². The lowest BCUT2D eigenvalue weighted by Gasteiger charge is -2.13. The minimum Gasteiger partial charge on any atom is -0.494 e. The van der Waals surface area contributed by atoms with E-state index in [0.29, 0.717) is 28.5 Å². The number of nitrogens with one attached hydrogen (secondary N) is 1. The number of allylic oxidation sites excluding steroid dienone is 12. The van der Waals surface area contributed by atoms with Gasteiger partial charge in [0.1, 0.15) is 0 Å². The zero-order chi connectivity index (χ0) is 30.0. The van der Waals surface area contributed by atoms with Gasteiger partial charge in [0.05, 0.1) is 22.5 Å². The van der Waals surface area contributed by atoms with Gasteiger partial charge in [-0.3, -0.25) is 4.79 Å². The van der Waals surface area contributed by atoms with Crippen LogP contribution in [0, 0.1) is 11.3 Å². The first kappa shape index (κ1) is 27.2. The Morgan fingerprint density at radius 3 is 2.16 bits per heavy atom. The number of aliphatic imine (C=N–C) groups is 1. The number of fused-ring (bicyclic) bond motifs is 5. The van der Waals surface area contributed by atoms with Gasteiger partial charge in [-0.1, -0.05) is 107 Å². The van der Waals surface area contributed by atoms with Crippen molar-refractivity contribution in [2.45, 2.75) is 47.5 Å². The standard InChI is InChI=1S/C37H30N2O2.C2H6/c1-20-4-6-21-16-25-18-23(7-10-28(25)27(21)9-5-20)33-31-32(36(41)38-33)34(39-35(31)40)24-8-11-29-26(19-24)17-22-12-14-37(2,3)15-13-30(22)29;1-2/h4-15,18-20,38,41H,16-17H2,1-3H3;1-2H3. The predicted molar refractivity (Wildman–Crippen MR) is 176 cm³/mol. The van der Waals surface area contributed by atoms with E-state index in [2.05, 4.69) is 104 Å². The van der Waals surface area contributed by atoms with Crippen molar-refractivity contribution in [1.29, 1.82) is 0 Å². The minimum atomic E-state index is -0.321. The van der Waals surface area contributed by atoms with Crippen molar-refractivity contribution >= 4 is 22.8 Å². The maximum absolute atomic E-state index is 13.3. The Morgan fingerprint density at radius 2 is 1.42 bits per heavy atom. The van der Waals surface area contributed by atoms with Crippen LogP contribution >= 0.6 is 0 Å². The van der Waals surface area contributed by atoms with Crippen LogP contribution in [0.3, 0.4) is 0 Å². The maximum Gasteiger partial charge on any atom is 0.280 e. The average molecular weight is 565 g/mol. The van der Waals surface area contributed by atoms with Crippen molar-refractivity contribution in [3.05, 3.63) is 135 Å². The number of rotatable bonds is 2. The van der Waals surface area contributed by atoms with Crippen LogP contribution in [-0.4, -0.2) is 21.7 Å². The molecule has 0 saturated heterocycles. The van der Waals surface area contributed by atoms with E-state index in [9.17, 15) is 9.90 Å². The Bertz CT molecular complexity index is 1950. The lowest BCUT2D eigenvalue weighted by Crippen LogP contribution is -2.02. The first-order valence-corrected chi connectivity index (χ1v) is 15.3. The Labute approximate surface area is 253 Å².